The van der Waals surface area contributed by atoms with E-state index in [0.717, 1.165) is 16.8 Å². The molecule has 0 saturated heterocycles. The van der Waals surface area contributed by atoms with E-state index in [2.05, 4.69) is 21.5 Å². The van der Waals surface area contributed by atoms with E-state index in [1.54, 1.807) is 23.5 Å². The van der Waals surface area contributed by atoms with Crippen molar-refractivity contribution in [1.29, 1.82) is 0 Å². The monoisotopic (exact) mass is 275 g/mol. The SMILES string of the molecule is Cc1cscc1CNC(=O)c1ccc(NN)cc1C. The smallest absolute Gasteiger partial charge is 0.251 e. The molecule has 19 heavy (non-hydrogen) atoms. The van der Waals surface area contributed by atoms with Crippen LogP contribution in [0.1, 0.15) is 27.0 Å². The van der Waals surface area contributed by atoms with E-state index in [4.69, 9.17) is 5.84 Å². The lowest BCUT2D eigenvalue weighted by molar-refractivity contribution is 0.0950. The van der Waals surface area contributed by atoms with Crippen molar-refractivity contribution in [2.45, 2.75) is 20.4 Å². The molecule has 2 aromatic rings. The molecule has 1 aromatic heterocycles. The summed E-state index contributed by atoms with van der Waals surface area (Å²) in [6.07, 6.45) is 0. The molecule has 0 atom stereocenters. The van der Waals surface area contributed by atoms with Crippen molar-refractivity contribution in [3.05, 3.63) is 51.2 Å². The Balaban J connectivity index is 2.06. The number of amides is 1. The fraction of sp³-hybridized carbons (Fsp3) is 0.214. The van der Waals surface area contributed by atoms with Gasteiger partial charge in [0.15, 0.2) is 0 Å². The molecule has 0 unspecified atom stereocenters. The Bertz CT molecular complexity index is 592. The number of benzene rings is 1. The van der Waals surface area contributed by atoms with Crippen LogP contribution in [0.15, 0.2) is 29.0 Å². The predicted molar refractivity (Wildman–Crippen MR) is 79.2 cm³/mol. The number of anilines is 1. The van der Waals surface area contributed by atoms with Gasteiger partial charge in [0.1, 0.15) is 0 Å². The largest absolute Gasteiger partial charge is 0.348 e. The molecular weight excluding hydrogens is 258 g/mol. The van der Waals surface area contributed by atoms with Gasteiger partial charge in [0.2, 0.25) is 0 Å². The number of nitrogens with two attached hydrogens (primary N) is 1. The Morgan fingerprint density at radius 2 is 2.05 bits per heavy atom. The lowest BCUT2D eigenvalue weighted by Gasteiger charge is -2.09. The molecule has 0 radical (unpaired) electrons. The van der Waals surface area contributed by atoms with Gasteiger partial charge in [-0.2, -0.15) is 11.3 Å². The average molecular weight is 275 g/mol. The number of hydrogen-bond donors (Lipinski definition) is 3. The van der Waals surface area contributed by atoms with Crippen LogP contribution in [0.3, 0.4) is 0 Å². The number of carbonyl (C=O) groups is 1. The van der Waals surface area contributed by atoms with Crippen molar-refractivity contribution in [3.63, 3.8) is 0 Å². The maximum Gasteiger partial charge on any atom is 0.251 e. The first-order valence-corrected chi connectivity index (χ1v) is 6.93. The van der Waals surface area contributed by atoms with Gasteiger partial charge in [-0.15, -0.1) is 0 Å². The Morgan fingerprint density at radius 1 is 1.26 bits per heavy atom. The van der Waals surface area contributed by atoms with Gasteiger partial charge in [0.05, 0.1) is 0 Å². The highest BCUT2D eigenvalue weighted by Gasteiger charge is 2.09. The molecule has 0 saturated carbocycles. The van der Waals surface area contributed by atoms with E-state index < -0.39 is 0 Å². The fourth-order valence-corrected chi connectivity index (χ4v) is 2.70. The van der Waals surface area contributed by atoms with Gasteiger partial charge in [-0.3, -0.25) is 10.6 Å². The number of rotatable bonds is 4. The Morgan fingerprint density at radius 3 is 2.63 bits per heavy atom. The van der Waals surface area contributed by atoms with Crippen molar-refractivity contribution >= 4 is 22.9 Å². The molecule has 4 nitrogen and oxygen atoms in total. The maximum atomic E-state index is 12.1. The zero-order valence-electron chi connectivity index (χ0n) is 11.0. The minimum absolute atomic E-state index is 0.0633. The molecule has 1 aromatic carbocycles. The number of aryl methyl sites for hydroxylation is 2. The maximum absolute atomic E-state index is 12.1. The second-order valence-electron chi connectivity index (χ2n) is 4.44. The van der Waals surface area contributed by atoms with Crippen LogP contribution >= 0.6 is 11.3 Å². The molecule has 0 aliphatic carbocycles. The van der Waals surface area contributed by atoms with Crippen LogP contribution in [-0.4, -0.2) is 5.91 Å². The number of thiophene rings is 1. The molecule has 4 N–H and O–H groups in total. The molecule has 2 rings (SSSR count). The third-order valence-corrected chi connectivity index (χ3v) is 3.95. The first kappa shape index (κ1) is 13.6. The Kier molecular flexibility index (Phi) is 4.19. The summed E-state index contributed by atoms with van der Waals surface area (Å²) in [4.78, 5) is 12.1. The first-order valence-electron chi connectivity index (χ1n) is 5.99. The molecule has 1 amide bonds. The lowest BCUT2D eigenvalue weighted by atomic mass is 10.1. The summed E-state index contributed by atoms with van der Waals surface area (Å²) in [5.74, 6) is 5.27. The van der Waals surface area contributed by atoms with Crippen molar-refractivity contribution in [2.24, 2.45) is 5.84 Å². The molecule has 100 valence electrons. The molecular formula is C14H17N3OS. The second kappa shape index (κ2) is 5.86. The van der Waals surface area contributed by atoms with Crippen molar-refractivity contribution in [2.75, 3.05) is 5.43 Å². The summed E-state index contributed by atoms with van der Waals surface area (Å²) in [5, 5.41) is 7.07. The minimum atomic E-state index is -0.0633. The van der Waals surface area contributed by atoms with Gasteiger partial charge in [-0.05, 0) is 59.5 Å². The zero-order chi connectivity index (χ0) is 13.8. The third kappa shape index (κ3) is 3.13. The van der Waals surface area contributed by atoms with Crippen LogP contribution in [0, 0.1) is 13.8 Å². The van der Waals surface area contributed by atoms with Crippen LogP contribution < -0.4 is 16.6 Å². The number of nitrogen functional groups attached to an aromatic ring is 1. The Labute approximate surface area is 116 Å². The highest BCUT2D eigenvalue weighted by molar-refractivity contribution is 7.08. The summed E-state index contributed by atoms with van der Waals surface area (Å²) in [6.45, 7) is 4.50. The minimum Gasteiger partial charge on any atom is -0.348 e. The number of hydrazine groups is 1. The molecule has 0 bridgehead atoms. The first-order chi connectivity index (χ1) is 9.11. The fourth-order valence-electron chi connectivity index (χ4n) is 1.85. The second-order valence-corrected chi connectivity index (χ2v) is 5.18. The van der Waals surface area contributed by atoms with Crippen molar-refractivity contribution in [3.8, 4) is 0 Å². The van der Waals surface area contributed by atoms with E-state index in [0.29, 0.717) is 12.1 Å². The van der Waals surface area contributed by atoms with Crippen LogP contribution in [0.25, 0.3) is 0 Å². The zero-order valence-corrected chi connectivity index (χ0v) is 11.8. The predicted octanol–water partition coefficient (Wildman–Crippen LogP) is 2.58. The van der Waals surface area contributed by atoms with Gasteiger partial charge in [-0.25, -0.2) is 0 Å². The molecule has 5 heteroatoms. The Hall–Kier alpha value is -1.85. The summed E-state index contributed by atoms with van der Waals surface area (Å²) in [6, 6.07) is 5.42. The quantitative estimate of drug-likeness (QED) is 0.593. The van der Waals surface area contributed by atoms with Crippen molar-refractivity contribution < 1.29 is 4.79 Å². The number of carbonyl (C=O) groups excluding carboxylic acids is 1. The highest BCUT2D eigenvalue weighted by atomic mass is 32.1. The summed E-state index contributed by atoms with van der Waals surface area (Å²) in [7, 11) is 0. The van der Waals surface area contributed by atoms with Crippen LogP contribution in [0.4, 0.5) is 5.69 Å². The number of nitrogens with one attached hydrogen (secondary N) is 2. The van der Waals surface area contributed by atoms with Gasteiger partial charge >= 0.3 is 0 Å². The van der Waals surface area contributed by atoms with Crippen LogP contribution in [0.2, 0.25) is 0 Å². The molecule has 0 aliphatic heterocycles. The topological polar surface area (TPSA) is 67.2 Å². The third-order valence-electron chi connectivity index (χ3n) is 3.04. The number of hydrogen-bond acceptors (Lipinski definition) is 4. The lowest BCUT2D eigenvalue weighted by Crippen LogP contribution is -2.23. The highest BCUT2D eigenvalue weighted by Crippen LogP contribution is 2.16. The van der Waals surface area contributed by atoms with E-state index in [-0.39, 0.29) is 5.91 Å². The standard InChI is InChI=1S/C14H17N3OS/c1-9-5-12(17-15)3-4-13(9)14(18)16-6-11-8-19-7-10(11)2/h3-5,7-8,17H,6,15H2,1-2H3,(H,16,18). The van der Waals surface area contributed by atoms with Crippen LogP contribution in [-0.2, 0) is 6.54 Å². The van der Waals surface area contributed by atoms with Gasteiger partial charge in [0, 0.05) is 17.8 Å². The van der Waals surface area contributed by atoms with E-state index in [1.165, 1.54) is 5.56 Å². The summed E-state index contributed by atoms with van der Waals surface area (Å²) < 4.78 is 0. The van der Waals surface area contributed by atoms with Gasteiger partial charge in [-0.1, -0.05) is 0 Å². The molecule has 0 fully saturated rings. The average Bonchev–Trinajstić information content (AvgIpc) is 2.81. The van der Waals surface area contributed by atoms with E-state index in [1.807, 2.05) is 19.9 Å². The van der Waals surface area contributed by atoms with E-state index in [9.17, 15) is 4.79 Å². The van der Waals surface area contributed by atoms with E-state index >= 15 is 0 Å². The molecule has 0 spiro atoms. The van der Waals surface area contributed by atoms with Crippen LogP contribution in [0.5, 0.6) is 0 Å². The molecule has 1 heterocycles. The molecule has 0 aliphatic rings. The van der Waals surface area contributed by atoms with Crippen molar-refractivity contribution in [1.82, 2.24) is 5.32 Å². The normalized spacial score (nSPS) is 10.3. The summed E-state index contributed by atoms with van der Waals surface area (Å²) >= 11 is 1.65. The summed E-state index contributed by atoms with van der Waals surface area (Å²) in [5.41, 5.74) is 7.31. The van der Waals surface area contributed by atoms with Gasteiger partial charge < -0.3 is 10.7 Å². The van der Waals surface area contributed by atoms with Gasteiger partial charge in [0.25, 0.3) is 5.91 Å².